The first-order chi connectivity index (χ1) is 10.6. The predicted octanol–water partition coefficient (Wildman–Crippen LogP) is 0.676. The Morgan fingerprint density at radius 3 is 2.91 bits per heavy atom. The van der Waals surface area contributed by atoms with E-state index in [9.17, 15) is 9.59 Å². The lowest BCUT2D eigenvalue weighted by atomic mass is 10.2. The van der Waals surface area contributed by atoms with E-state index in [1.165, 1.54) is 21.3 Å². The molecule has 9 heteroatoms. The van der Waals surface area contributed by atoms with Crippen LogP contribution in [0.5, 0.6) is 0 Å². The van der Waals surface area contributed by atoms with E-state index in [0.717, 1.165) is 0 Å². The number of para-hydroxylation sites is 2. The molecule has 2 amide bonds. The molecule has 0 unspecified atom stereocenters. The van der Waals surface area contributed by atoms with Crippen molar-refractivity contribution in [2.75, 3.05) is 16.8 Å². The maximum Gasteiger partial charge on any atom is 0.244 e. The van der Waals surface area contributed by atoms with E-state index >= 15 is 0 Å². The summed E-state index contributed by atoms with van der Waals surface area (Å²) in [6.07, 6.45) is 0. The van der Waals surface area contributed by atoms with E-state index in [1.54, 1.807) is 20.0 Å². The molecule has 0 saturated heterocycles. The number of aryl methyl sites for hydroxylation is 1. The first-order valence-corrected chi connectivity index (χ1v) is 7.53. The molecule has 114 valence electrons. The average Bonchev–Trinajstić information content (AvgIpc) is 2.90. The number of nitrogens with zero attached hydrogens (tertiary/aromatic N) is 5. The van der Waals surface area contributed by atoms with Crippen LogP contribution in [0.4, 0.5) is 11.4 Å². The van der Waals surface area contributed by atoms with Crippen LogP contribution in [-0.2, 0) is 16.6 Å². The van der Waals surface area contributed by atoms with Crippen LogP contribution in [0.1, 0.15) is 6.92 Å². The molecule has 0 aliphatic carbocycles. The van der Waals surface area contributed by atoms with Gasteiger partial charge in [-0.05, 0) is 29.5 Å². The second-order valence-corrected chi connectivity index (χ2v) is 6.14. The molecular weight excluding hydrogens is 304 g/mol. The molecule has 2 heterocycles. The normalized spacial score (nSPS) is 15.2. The van der Waals surface area contributed by atoms with Crippen LogP contribution in [0.3, 0.4) is 0 Å². The highest BCUT2D eigenvalue weighted by Gasteiger charge is 2.30. The monoisotopic (exact) mass is 318 g/mol. The fourth-order valence-electron chi connectivity index (χ4n) is 2.18. The lowest BCUT2D eigenvalue weighted by Crippen LogP contribution is -2.45. The third-order valence-electron chi connectivity index (χ3n) is 3.25. The summed E-state index contributed by atoms with van der Waals surface area (Å²) in [4.78, 5) is 26.0. The summed E-state index contributed by atoms with van der Waals surface area (Å²) in [7, 11) is 1.71. The van der Waals surface area contributed by atoms with Gasteiger partial charge < -0.3 is 5.32 Å². The molecule has 8 nitrogen and oxygen atoms in total. The fourth-order valence-corrected chi connectivity index (χ4v) is 3.00. The second-order valence-electron chi connectivity index (χ2n) is 4.83. The standard InChI is InChI=1S/C13H14N6O2S/c1-8(22-13-15-16-17-18(13)2)12(21)19-7-11(20)14-9-5-3-4-6-10(9)19/h3-6,8H,7H2,1-2H3,(H,14,20)/t8-/m0/s1. The van der Waals surface area contributed by atoms with Gasteiger partial charge in [0.15, 0.2) is 0 Å². The SMILES string of the molecule is C[C@H](Sc1nnnn1C)C(=O)N1CC(=O)Nc2ccccc21. The molecule has 1 aromatic heterocycles. The first-order valence-electron chi connectivity index (χ1n) is 6.65. The number of anilines is 2. The minimum atomic E-state index is -0.413. The summed E-state index contributed by atoms with van der Waals surface area (Å²) < 4.78 is 1.51. The number of carbonyl (C=O) groups excluding carboxylic acids is 2. The molecule has 0 saturated carbocycles. The van der Waals surface area contributed by atoms with Gasteiger partial charge in [0.1, 0.15) is 6.54 Å². The largest absolute Gasteiger partial charge is 0.323 e. The molecular formula is C13H14N6O2S. The van der Waals surface area contributed by atoms with E-state index in [2.05, 4.69) is 20.8 Å². The van der Waals surface area contributed by atoms with Crippen molar-refractivity contribution in [3.8, 4) is 0 Å². The highest BCUT2D eigenvalue weighted by molar-refractivity contribution is 8.00. The third-order valence-corrected chi connectivity index (χ3v) is 4.36. The average molecular weight is 318 g/mol. The number of carbonyl (C=O) groups is 2. The summed E-state index contributed by atoms with van der Waals surface area (Å²) in [5.41, 5.74) is 1.35. The van der Waals surface area contributed by atoms with Gasteiger partial charge in [0, 0.05) is 7.05 Å². The van der Waals surface area contributed by atoms with Gasteiger partial charge in [0.25, 0.3) is 0 Å². The number of benzene rings is 1. The summed E-state index contributed by atoms with van der Waals surface area (Å²) in [5, 5.41) is 14.0. The number of hydrogen-bond donors (Lipinski definition) is 1. The molecule has 0 fully saturated rings. The van der Waals surface area contributed by atoms with Crippen LogP contribution >= 0.6 is 11.8 Å². The van der Waals surface area contributed by atoms with Crippen molar-refractivity contribution >= 4 is 35.0 Å². The van der Waals surface area contributed by atoms with Crippen molar-refractivity contribution in [2.45, 2.75) is 17.3 Å². The molecule has 1 N–H and O–H groups in total. The minimum Gasteiger partial charge on any atom is -0.323 e. The smallest absolute Gasteiger partial charge is 0.244 e. The van der Waals surface area contributed by atoms with Gasteiger partial charge in [-0.15, -0.1) is 5.10 Å². The quantitative estimate of drug-likeness (QED) is 0.836. The summed E-state index contributed by atoms with van der Waals surface area (Å²) in [6.45, 7) is 1.79. The maximum absolute atomic E-state index is 12.7. The van der Waals surface area contributed by atoms with Crippen LogP contribution in [0.15, 0.2) is 29.4 Å². The zero-order valence-electron chi connectivity index (χ0n) is 12.1. The Bertz CT molecular complexity index is 731. The fraction of sp³-hybridized carbons (Fsp3) is 0.308. The molecule has 1 aliphatic rings. The molecule has 1 aromatic carbocycles. The number of hydrogen-bond acceptors (Lipinski definition) is 6. The highest BCUT2D eigenvalue weighted by atomic mass is 32.2. The van der Waals surface area contributed by atoms with E-state index in [1.807, 2.05) is 18.2 Å². The van der Waals surface area contributed by atoms with Crippen molar-refractivity contribution in [3.63, 3.8) is 0 Å². The lowest BCUT2D eigenvalue weighted by molar-refractivity contribution is -0.121. The van der Waals surface area contributed by atoms with Crippen LogP contribution in [0, 0.1) is 0 Å². The Labute approximate surface area is 130 Å². The summed E-state index contributed by atoms with van der Waals surface area (Å²) >= 11 is 1.26. The van der Waals surface area contributed by atoms with E-state index in [4.69, 9.17) is 0 Å². The van der Waals surface area contributed by atoms with E-state index in [0.29, 0.717) is 16.5 Å². The van der Waals surface area contributed by atoms with Gasteiger partial charge in [-0.2, -0.15) is 0 Å². The van der Waals surface area contributed by atoms with E-state index < -0.39 is 5.25 Å². The Morgan fingerprint density at radius 2 is 2.18 bits per heavy atom. The van der Waals surface area contributed by atoms with Crippen molar-refractivity contribution in [3.05, 3.63) is 24.3 Å². The van der Waals surface area contributed by atoms with Gasteiger partial charge in [-0.25, -0.2) is 4.68 Å². The van der Waals surface area contributed by atoms with Crippen LogP contribution in [-0.4, -0.2) is 43.8 Å². The van der Waals surface area contributed by atoms with Gasteiger partial charge in [0.05, 0.1) is 16.6 Å². The Kier molecular flexibility index (Phi) is 3.80. The molecule has 0 radical (unpaired) electrons. The van der Waals surface area contributed by atoms with Crippen molar-refractivity contribution in [1.82, 2.24) is 20.2 Å². The van der Waals surface area contributed by atoms with Crippen molar-refractivity contribution in [2.24, 2.45) is 7.05 Å². The number of aromatic nitrogens is 4. The zero-order chi connectivity index (χ0) is 15.7. The Morgan fingerprint density at radius 1 is 1.41 bits per heavy atom. The minimum absolute atomic E-state index is 0.0117. The molecule has 1 atom stereocenters. The number of amides is 2. The van der Waals surface area contributed by atoms with Gasteiger partial charge in [0.2, 0.25) is 17.0 Å². The first kappa shape index (κ1) is 14.5. The predicted molar refractivity (Wildman–Crippen MR) is 81.5 cm³/mol. The molecule has 0 spiro atoms. The van der Waals surface area contributed by atoms with Crippen molar-refractivity contribution in [1.29, 1.82) is 0 Å². The Hall–Kier alpha value is -2.42. The number of fused-ring (bicyclic) bond motifs is 1. The zero-order valence-corrected chi connectivity index (χ0v) is 12.9. The number of rotatable bonds is 3. The maximum atomic E-state index is 12.7. The van der Waals surface area contributed by atoms with Crippen LogP contribution in [0.25, 0.3) is 0 Å². The highest BCUT2D eigenvalue weighted by Crippen LogP contribution is 2.31. The Balaban J connectivity index is 1.83. The molecule has 22 heavy (non-hydrogen) atoms. The van der Waals surface area contributed by atoms with Gasteiger partial charge in [-0.1, -0.05) is 23.9 Å². The third kappa shape index (κ3) is 2.67. The lowest BCUT2D eigenvalue weighted by Gasteiger charge is -2.30. The number of tetrazole rings is 1. The molecule has 0 bridgehead atoms. The molecule has 1 aliphatic heterocycles. The van der Waals surface area contributed by atoms with Crippen LogP contribution < -0.4 is 10.2 Å². The molecule has 2 aromatic rings. The summed E-state index contributed by atoms with van der Waals surface area (Å²) in [6, 6.07) is 7.24. The van der Waals surface area contributed by atoms with Crippen LogP contribution in [0.2, 0.25) is 0 Å². The van der Waals surface area contributed by atoms with Gasteiger partial charge in [-0.3, -0.25) is 14.5 Å². The number of thioether (sulfide) groups is 1. The topological polar surface area (TPSA) is 93.0 Å². The second kappa shape index (κ2) is 5.76. The van der Waals surface area contributed by atoms with Crippen molar-refractivity contribution < 1.29 is 9.59 Å². The number of nitrogens with one attached hydrogen (secondary N) is 1. The van der Waals surface area contributed by atoms with Gasteiger partial charge >= 0.3 is 0 Å². The molecule has 3 rings (SSSR count). The summed E-state index contributed by atoms with van der Waals surface area (Å²) in [5.74, 6) is -0.361. The van der Waals surface area contributed by atoms with E-state index in [-0.39, 0.29) is 18.4 Å².